The van der Waals surface area contributed by atoms with Crippen LogP contribution in [0.15, 0.2) is 0 Å². The molecular formula is C2H14Fe2O9. The maximum absolute atomic E-state index is 7.00. The molecule has 1 saturated heterocycles. The van der Waals surface area contributed by atoms with Gasteiger partial charge in [-0.2, -0.15) is 0 Å². The van der Waals surface area contributed by atoms with Gasteiger partial charge in [0.15, 0.2) is 0 Å². The van der Waals surface area contributed by atoms with E-state index in [0.717, 1.165) is 14.2 Å². The molecule has 0 spiro atoms. The first-order valence-electron chi connectivity index (χ1n) is 1.56. The molecule has 0 aromatic carbocycles. The van der Waals surface area contributed by atoms with Gasteiger partial charge in [0, 0.05) is 68.5 Å². The Morgan fingerprint density at radius 1 is 0.538 bits per heavy atom. The second-order valence-electron chi connectivity index (χ2n) is 0.272. The molecule has 0 saturated carbocycles. The van der Waals surface area contributed by atoms with Crippen molar-refractivity contribution < 1.29 is 80.9 Å². The van der Waals surface area contributed by atoms with Crippen molar-refractivity contribution in [1.82, 2.24) is 0 Å². The predicted molar refractivity (Wildman–Crippen MR) is 31.5 cm³/mol. The van der Waals surface area contributed by atoms with Gasteiger partial charge in [-0.15, -0.1) is 0 Å². The zero-order valence-corrected chi connectivity index (χ0v) is 8.94. The average Bonchev–Trinajstić information content (AvgIpc) is 1.72. The molecule has 1 heterocycles. The first-order chi connectivity index (χ1) is 4.00. The molecule has 1 fully saturated rings. The molecule has 0 amide bonds. The van der Waals surface area contributed by atoms with E-state index in [1.807, 2.05) is 0 Å². The summed E-state index contributed by atoms with van der Waals surface area (Å²) in [5, 5.41) is 28.0. The van der Waals surface area contributed by atoms with Gasteiger partial charge in [0.25, 0.3) is 0 Å². The summed E-state index contributed by atoms with van der Waals surface area (Å²) in [5.41, 5.74) is 0. The summed E-state index contributed by atoms with van der Waals surface area (Å²) < 4.78 is 0. The number of rotatable bonds is 0. The van der Waals surface area contributed by atoms with Crippen LogP contribution in [-0.4, -0.2) is 40.9 Å². The van der Waals surface area contributed by atoms with E-state index in [1.165, 1.54) is 0 Å². The Morgan fingerprint density at radius 3 is 0.615 bits per heavy atom. The number of hydrogen-bond donors (Lipinski definition) is 2. The number of aliphatic hydroxyl groups excluding tert-OH is 2. The molecule has 1 aliphatic rings. The SMILES string of the molecule is CO.CO.O.O.O.O1OOO1.[Fe].[Fe]. The minimum absolute atomic E-state index is 0. The van der Waals surface area contributed by atoms with Crippen molar-refractivity contribution in [2.24, 2.45) is 0 Å². The van der Waals surface area contributed by atoms with E-state index >= 15 is 0 Å². The molecule has 0 aromatic rings. The van der Waals surface area contributed by atoms with Gasteiger partial charge in [-0.05, 0) is 0 Å². The van der Waals surface area contributed by atoms with Crippen LogP contribution in [0.4, 0.5) is 0 Å². The fourth-order valence-electron chi connectivity index (χ4n) is 0.0278. The third kappa shape index (κ3) is 66.0. The van der Waals surface area contributed by atoms with Crippen LogP contribution in [0.1, 0.15) is 0 Å². The molecule has 0 bridgehead atoms. The van der Waals surface area contributed by atoms with Gasteiger partial charge in [-0.25, -0.2) is 0 Å². The molecular weight excluding hydrogens is 280 g/mol. The molecule has 92 valence electrons. The maximum atomic E-state index is 7.00. The summed E-state index contributed by atoms with van der Waals surface area (Å²) in [5.74, 6) is 0. The first kappa shape index (κ1) is 49.3. The monoisotopic (exact) mass is 294 g/mol. The van der Waals surface area contributed by atoms with Crippen molar-refractivity contribution in [3.8, 4) is 0 Å². The van der Waals surface area contributed by atoms with Gasteiger partial charge in [0.05, 0.1) is 0 Å². The van der Waals surface area contributed by atoms with Crippen LogP contribution < -0.4 is 0 Å². The molecule has 0 aromatic heterocycles. The minimum Gasteiger partial charge on any atom is -0.412 e. The number of aliphatic hydroxyl groups is 2. The van der Waals surface area contributed by atoms with Crippen LogP contribution in [0.5, 0.6) is 0 Å². The Balaban J connectivity index is -0.00000000752. The van der Waals surface area contributed by atoms with E-state index in [9.17, 15) is 0 Å². The van der Waals surface area contributed by atoms with Crippen molar-refractivity contribution in [3.63, 3.8) is 0 Å². The van der Waals surface area contributed by atoms with Crippen LogP contribution >= 0.6 is 0 Å². The smallest absolute Gasteiger partial charge is 0.0319 e. The Labute approximate surface area is 95.5 Å². The number of hydrogen-bond acceptors (Lipinski definition) is 6. The van der Waals surface area contributed by atoms with Crippen molar-refractivity contribution >= 4 is 0 Å². The third-order valence-corrected chi connectivity index (χ3v) is 0.111. The average molecular weight is 294 g/mol. The van der Waals surface area contributed by atoms with Crippen LogP contribution in [0.2, 0.25) is 0 Å². The molecule has 13 heavy (non-hydrogen) atoms. The van der Waals surface area contributed by atoms with E-state index in [1.54, 1.807) is 0 Å². The van der Waals surface area contributed by atoms with E-state index in [2.05, 4.69) is 20.2 Å². The first-order valence-corrected chi connectivity index (χ1v) is 1.56. The molecule has 0 unspecified atom stereocenters. The largest absolute Gasteiger partial charge is 0.412 e. The van der Waals surface area contributed by atoms with Crippen LogP contribution in [0.25, 0.3) is 0 Å². The minimum atomic E-state index is 0. The van der Waals surface area contributed by atoms with Gasteiger partial charge in [0.2, 0.25) is 0 Å². The second-order valence-corrected chi connectivity index (χ2v) is 0.272. The van der Waals surface area contributed by atoms with Gasteiger partial charge in [-0.3, -0.25) is 0 Å². The fourth-order valence-corrected chi connectivity index (χ4v) is 0.0278. The third-order valence-electron chi connectivity index (χ3n) is 0.111. The van der Waals surface area contributed by atoms with Gasteiger partial charge >= 0.3 is 0 Å². The summed E-state index contributed by atoms with van der Waals surface area (Å²) in [6.07, 6.45) is 0. The van der Waals surface area contributed by atoms with E-state index < -0.39 is 0 Å². The molecule has 0 aliphatic carbocycles. The van der Waals surface area contributed by atoms with Gasteiger partial charge in [0.1, 0.15) is 0 Å². The van der Waals surface area contributed by atoms with Gasteiger partial charge in [-0.1, -0.05) is 0 Å². The zero-order valence-electron chi connectivity index (χ0n) is 6.73. The Kier molecular flexibility index (Phi) is 300. The Morgan fingerprint density at radius 2 is 0.615 bits per heavy atom. The van der Waals surface area contributed by atoms with Crippen molar-refractivity contribution in [1.29, 1.82) is 0 Å². The Hall–Kier alpha value is 0.679. The van der Waals surface area contributed by atoms with E-state index in [-0.39, 0.29) is 50.6 Å². The molecule has 8 N–H and O–H groups in total. The van der Waals surface area contributed by atoms with Crippen LogP contribution in [-0.2, 0) is 54.3 Å². The summed E-state index contributed by atoms with van der Waals surface area (Å²) in [7, 11) is 2.00. The van der Waals surface area contributed by atoms with Crippen LogP contribution in [0, 0.1) is 0 Å². The summed E-state index contributed by atoms with van der Waals surface area (Å²) in [6, 6.07) is 0. The van der Waals surface area contributed by atoms with E-state index in [4.69, 9.17) is 10.2 Å². The molecule has 1 rings (SSSR count). The summed E-state index contributed by atoms with van der Waals surface area (Å²) >= 11 is 0. The summed E-state index contributed by atoms with van der Waals surface area (Å²) in [4.78, 5) is 0. The quantitative estimate of drug-likeness (QED) is 0.346. The fraction of sp³-hybridized carbons (Fsp3) is 1.00. The molecule has 11 heteroatoms. The molecule has 0 radical (unpaired) electrons. The van der Waals surface area contributed by atoms with Crippen molar-refractivity contribution in [3.05, 3.63) is 0 Å². The predicted octanol–water partition coefficient (Wildman–Crippen LogP) is -3.54. The van der Waals surface area contributed by atoms with Gasteiger partial charge < -0.3 is 26.6 Å². The zero-order chi connectivity index (χ0) is 6.83. The van der Waals surface area contributed by atoms with E-state index in [0.29, 0.717) is 0 Å². The standard InChI is InChI=1S/2CH4O.2Fe.O4.3H2O/c2*1-2;;;1-2-4-3-1;;;/h2*2H,1H3;;;;3*1H2. The maximum Gasteiger partial charge on any atom is 0.0319 e. The molecule has 1 aliphatic heterocycles. The molecule has 0 atom stereocenters. The molecule has 9 nitrogen and oxygen atoms in total. The van der Waals surface area contributed by atoms with Crippen LogP contribution in [0.3, 0.4) is 0 Å². The second kappa shape index (κ2) is 79.0. The topological polar surface area (TPSA) is 172 Å². The van der Waals surface area contributed by atoms with Crippen molar-refractivity contribution in [2.75, 3.05) is 14.2 Å². The van der Waals surface area contributed by atoms with Crippen molar-refractivity contribution in [2.45, 2.75) is 0 Å². The normalized spacial score (nSPS) is 8.31. The Bertz CT molecular complexity index is 23.6. The summed E-state index contributed by atoms with van der Waals surface area (Å²) in [6.45, 7) is 0.